The van der Waals surface area contributed by atoms with Crippen molar-refractivity contribution in [3.8, 4) is 0 Å². The Bertz CT molecular complexity index is 481. The van der Waals surface area contributed by atoms with Gasteiger partial charge in [0.15, 0.2) is 5.11 Å². The first kappa shape index (κ1) is 13.0. The summed E-state index contributed by atoms with van der Waals surface area (Å²) in [7, 11) is 0. The van der Waals surface area contributed by atoms with Crippen LogP contribution in [0, 0.1) is 5.92 Å². The molecule has 1 amide bonds. The van der Waals surface area contributed by atoms with Gasteiger partial charge in [-0.2, -0.15) is 0 Å². The molecule has 1 atom stereocenters. The lowest BCUT2D eigenvalue weighted by Gasteiger charge is -2.22. The number of amides is 1. The zero-order valence-electron chi connectivity index (χ0n) is 10.9. The van der Waals surface area contributed by atoms with Gasteiger partial charge in [0.25, 0.3) is 5.91 Å². The largest absolute Gasteiger partial charge is 0.345 e. The maximum absolute atomic E-state index is 11.9. The van der Waals surface area contributed by atoms with Gasteiger partial charge in [-0.3, -0.25) is 4.79 Å². The predicted molar refractivity (Wildman–Crippen MR) is 76.2 cm³/mol. The third-order valence-corrected chi connectivity index (χ3v) is 3.42. The van der Waals surface area contributed by atoms with E-state index in [0.717, 1.165) is 12.0 Å². The molecule has 1 aromatic rings. The lowest BCUT2D eigenvalue weighted by atomic mass is 9.90. The van der Waals surface area contributed by atoms with E-state index in [1.165, 1.54) is 5.56 Å². The van der Waals surface area contributed by atoms with Crippen LogP contribution in [0.2, 0.25) is 0 Å². The lowest BCUT2D eigenvalue weighted by Crippen LogP contribution is -2.40. The summed E-state index contributed by atoms with van der Waals surface area (Å²) in [5, 5.41) is 6.06. The van der Waals surface area contributed by atoms with Crippen LogP contribution in [0.15, 0.2) is 24.3 Å². The number of nitrogens with one attached hydrogen (secondary N) is 2. The second-order valence-corrected chi connectivity index (χ2v) is 5.74. The Kier molecular flexibility index (Phi) is 3.39. The monoisotopic (exact) mass is 262 g/mol. The van der Waals surface area contributed by atoms with Crippen LogP contribution in [0.25, 0.3) is 0 Å². The second-order valence-electron chi connectivity index (χ2n) is 5.33. The van der Waals surface area contributed by atoms with Gasteiger partial charge in [-0.1, -0.05) is 38.1 Å². The van der Waals surface area contributed by atoms with E-state index in [1.54, 1.807) is 0 Å². The third-order valence-electron chi connectivity index (χ3n) is 3.22. The fourth-order valence-corrected chi connectivity index (χ4v) is 2.49. The summed E-state index contributed by atoms with van der Waals surface area (Å²) in [4.78, 5) is 11.9. The first-order chi connectivity index (χ1) is 8.41. The van der Waals surface area contributed by atoms with Gasteiger partial charge in [0.1, 0.15) is 5.54 Å². The van der Waals surface area contributed by atoms with E-state index in [9.17, 15) is 4.79 Å². The summed E-state index contributed by atoms with van der Waals surface area (Å²) in [6.07, 6.45) is 1.05. The van der Waals surface area contributed by atoms with E-state index in [0.29, 0.717) is 11.0 Å². The minimum atomic E-state index is -0.743. The molecule has 3 nitrogen and oxygen atoms in total. The normalized spacial score (nSPS) is 23.1. The van der Waals surface area contributed by atoms with E-state index in [-0.39, 0.29) is 5.91 Å². The molecule has 96 valence electrons. The molecule has 1 heterocycles. The molecule has 0 spiro atoms. The van der Waals surface area contributed by atoms with Crippen molar-refractivity contribution in [1.82, 2.24) is 10.6 Å². The molecule has 1 saturated heterocycles. The summed E-state index contributed by atoms with van der Waals surface area (Å²) in [5.41, 5.74) is 1.48. The lowest BCUT2D eigenvalue weighted by molar-refractivity contribution is -0.123. The highest BCUT2D eigenvalue weighted by Crippen LogP contribution is 2.25. The van der Waals surface area contributed by atoms with Crippen LogP contribution < -0.4 is 10.6 Å². The minimum absolute atomic E-state index is 0.0934. The van der Waals surface area contributed by atoms with E-state index < -0.39 is 5.54 Å². The standard InChI is InChI=1S/C14H18N2OS/c1-9(2)8-10-4-6-11(7-5-10)14(3)12(17)15-13(18)16-14/h4-7,9H,8H2,1-3H3,(H2,15,16,17,18). The summed E-state index contributed by atoms with van der Waals surface area (Å²) >= 11 is 4.98. The van der Waals surface area contributed by atoms with Crippen molar-refractivity contribution in [2.75, 3.05) is 0 Å². The molecule has 1 unspecified atom stereocenters. The Morgan fingerprint density at radius 2 is 1.89 bits per heavy atom. The highest BCUT2D eigenvalue weighted by Gasteiger charge is 2.41. The summed E-state index contributed by atoms with van der Waals surface area (Å²) in [5.74, 6) is 0.538. The van der Waals surface area contributed by atoms with Crippen LogP contribution in [0.5, 0.6) is 0 Å². The highest BCUT2D eigenvalue weighted by molar-refractivity contribution is 7.80. The molecule has 0 aromatic heterocycles. The van der Waals surface area contributed by atoms with Crippen LogP contribution >= 0.6 is 12.2 Å². The van der Waals surface area contributed by atoms with Gasteiger partial charge in [-0.05, 0) is 42.6 Å². The molecular formula is C14H18N2OS. The fraction of sp³-hybridized carbons (Fsp3) is 0.429. The third kappa shape index (κ3) is 2.38. The summed E-state index contributed by atoms with van der Waals surface area (Å²) in [6.45, 7) is 6.23. The fourth-order valence-electron chi connectivity index (χ4n) is 2.19. The van der Waals surface area contributed by atoms with E-state index in [4.69, 9.17) is 12.2 Å². The summed E-state index contributed by atoms with van der Waals surface area (Å²) < 4.78 is 0. The smallest absolute Gasteiger partial charge is 0.256 e. The van der Waals surface area contributed by atoms with E-state index in [1.807, 2.05) is 19.1 Å². The topological polar surface area (TPSA) is 41.1 Å². The number of benzene rings is 1. The molecule has 1 aliphatic rings. The average Bonchev–Trinajstić information content (AvgIpc) is 2.53. The van der Waals surface area contributed by atoms with Crippen molar-refractivity contribution in [2.45, 2.75) is 32.7 Å². The van der Waals surface area contributed by atoms with Crippen LogP contribution in [-0.2, 0) is 16.8 Å². The van der Waals surface area contributed by atoms with Gasteiger partial charge in [0, 0.05) is 0 Å². The Balaban J connectivity index is 2.24. The number of hydrogen-bond acceptors (Lipinski definition) is 2. The van der Waals surface area contributed by atoms with Gasteiger partial charge >= 0.3 is 0 Å². The molecule has 1 aliphatic heterocycles. The van der Waals surface area contributed by atoms with Gasteiger partial charge in [0.05, 0.1) is 0 Å². The van der Waals surface area contributed by atoms with Gasteiger partial charge in [-0.15, -0.1) is 0 Å². The Morgan fingerprint density at radius 3 is 2.33 bits per heavy atom. The molecule has 0 saturated carbocycles. The van der Waals surface area contributed by atoms with E-state index in [2.05, 4.69) is 36.6 Å². The van der Waals surface area contributed by atoms with Crippen molar-refractivity contribution in [3.63, 3.8) is 0 Å². The highest BCUT2D eigenvalue weighted by atomic mass is 32.1. The maximum atomic E-state index is 11.9. The number of hydrogen-bond donors (Lipinski definition) is 2. The van der Waals surface area contributed by atoms with Gasteiger partial charge in [0.2, 0.25) is 0 Å². The van der Waals surface area contributed by atoms with Gasteiger partial charge < -0.3 is 10.6 Å². The number of carbonyl (C=O) groups excluding carboxylic acids is 1. The molecule has 0 bridgehead atoms. The molecule has 4 heteroatoms. The van der Waals surface area contributed by atoms with Crippen LogP contribution in [-0.4, -0.2) is 11.0 Å². The maximum Gasteiger partial charge on any atom is 0.256 e. The van der Waals surface area contributed by atoms with Crippen LogP contribution in [0.4, 0.5) is 0 Å². The first-order valence-electron chi connectivity index (χ1n) is 6.15. The van der Waals surface area contributed by atoms with Crippen molar-refractivity contribution < 1.29 is 4.79 Å². The Hall–Kier alpha value is -1.42. The van der Waals surface area contributed by atoms with Crippen molar-refractivity contribution in [2.24, 2.45) is 5.92 Å². The molecule has 1 aromatic carbocycles. The van der Waals surface area contributed by atoms with Crippen LogP contribution in [0.3, 0.4) is 0 Å². The van der Waals surface area contributed by atoms with Crippen molar-refractivity contribution in [1.29, 1.82) is 0 Å². The zero-order valence-corrected chi connectivity index (χ0v) is 11.7. The number of rotatable bonds is 3. The average molecular weight is 262 g/mol. The SMILES string of the molecule is CC(C)Cc1ccc(C2(C)NC(=S)NC2=O)cc1. The van der Waals surface area contributed by atoms with Gasteiger partial charge in [-0.25, -0.2) is 0 Å². The molecule has 2 rings (SSSR count). The quantitative estimate of drug-likeness (QED) is 0.820. The molecule has 1 fully saturated rings. The molecule has 2 N–H and O–H groups in total. The van der Waals surface area contributed by atoms with Crippen molar-refractivity contribution in [3.05, 3.63) is 35.4 Å². The Morgan fingerprint density at radius 1 is 1.28 bits per heavy atom. The zero-order chi connectivity index (χ0) is 13.3. The first-order valence-corrected chi connectivity index (χ1v) is 6.55. The molecular weight excluding hydrogens is 244 g/mol. The van der Waals surface area contributed by atoms with Crippen LogP contribution in [0.1, 0.15) is 31.9 Å². The molecule has 0 aliphatic carbocycles. The molecule has 0 radical (unpaired) electrons. The minimum Gasteiger partial charge on any atom is -0.345 e. The van der Waals surface area contributed by atoms with Crippen molar-refractivity contribution >= 4 is 23.2 Å². The Labute approximate surface area is 113 Å². The summed E-state index contributed by atoms with van der Waals surface area (Å²) in [6, 6.07) is 8.16. The molecule has 18 heavy (non-hydrogen) atoms. The number of thiocarbonyl (C=S) groups is 1. The van der Waals surface area contributed by atoms with E-state index >= 15 is 0 Å². The second kappa shape index (κ2) is 4.69. The predicted octanol–water partition coefficient (Wildman–Crippen LogP) is 2.10. The number of carbonyl (C=O) groups is 1.